The Hall–Kier alpha value is -2.49. The third-order valence-electron chi connectivity index (χ3n) is 3.73. The van der Waals surface area contributed by atoms with Crippen molar-refractivity contribution in [3.63, 3.8) is 0 Å². The van der Waals surface area contributed by atoms with Crippen molar-refractivity contribution in [1.29, 1.82) is 0 Å². The topological polar surface area (TPSA) is 92.8 Å². The number of benzene rings is 1. The van der Waals surface area contributed by atoms with Crippen LogP contribution in [0.4, 0.5) is 5.69 Å². The van der Waals surface area contributed by atoms with E-state index in [1.165, 1.54) is 33.9 Å². The van der Waals surface area contributed by atoms with Crippen LogP contribution in [0.2, 0.25) is 0 Å². The number of hydrogen-bond acceptors (Lipinski definition) is 6. The van der Waals surface area contributed by atoms with E-state index in [2.05, 4.69) is 5.32 Å². The summed E-state index contributed by atoms with van der Waals surface area (Å²) >= 11 is 1.47. The van der Waals surface area contributed by atoms with Crippen LogP contribution in [0.5, 0.6) is 0 Å². The Bertz CT molecular complexity index is 933. The highest BCUT2D eigenvalue weighted by Crippen LogP contribution is 2.19. The smallest absolute Gasteiger partial charge is 0.331 e. The summed E-state index contributed by atoms with van der Waals surface area (Å²) < 4.78 is 31.3. The maximum absolute atomic E-state index is 12.6. The van der Waals surface area contributed by atoms with Gasteiger partial charge < -0.3 is 10.1 Å². The molecule has 0 spiro atoms. The average molecular weight is 423 g/mol. The number of nitrogens with zero attached hydrogens (tertiary/aromatic N) is 1. The Morgan fingerprint density at radius 3 is 2.57 bits per heavy atom. The monoisotopic (exact) mass is 422 g/mol. The molecule has 1 aromatic carbocycles. The van der Waals surface area contributed by atoms with Gasteiger partial charge in [-0.2, -0.15) is 4.31 Å². The molecule has 0 aliphatic heterocycles. The van der Waals surface area contributed by atoms with E-state index in [0.717, 1.165) is 4.88 Å². The number of amides is 1. The molecule has 0 aliphatic rings. The fourth-order valence-corrected chi connectivity index (χ4v) is 4.49. The summed E-state index contributed by atoms with van der Waals surface area (Å²) in [6.07, 6.45) is 2.85. The molecule has 1 aromatic heterocycles. The van der Waals surface area contributed by atoms with Gasteiger partial charge in [-0.1, -0.05) is 26.0 Å². The first-order valence-corrected chi connectivity index (χ1v) is 11.0. The predicted molar refractivity (Wildman–Crippen MR) is 109 cm³/mol. The van der Waals surface area contributed by atoms with Gasteiger partial charge in [-0.3, -0.25) is 4.79 Å². The van der Waals surface area contributed by atoms with Gasteiger partial charge in [0.25, 0.3) is 5.91 Å². The number of sulfonamides is 1. The lowest BCUT2D eigenvalue weighted by Gasteiger charge is -2.18. The van der Waals surface area contributed by atoms with Crippen molar-refractivity contribution < 1.29 is 22.7 Å². The Morgan fingerprint density at radius 2 is 1.93 bits per heavy atom. The Balaban J connectivity index is 1.94. The Kier molecular flexibility index (Phi) is 7.91. The zero-order valence-electron chi connectivity index (χ0n) is 15.6. The Morgan fingerprint density at radius 1 is 1.18 bits per heavy atom. The lowest BCUT2D eigenvalue weighted by Crippen LogP contribution is -2.30. The van der Waals surface area contributed by atoms with Gasteiger partial charge in [0, 0.05) is 29.7 Å². The zero-order chi connectivity index (χ0) is 20.6. The molecule has 0 radical (unpaired) electrons. The van der Waals surface area contributed by atoms with Gasteiger partial charge in [-0.15, -0.1) is 11.3 Å². The highest BCUT2D eigenvalue weighted by atomic mass is 32.2. The van der Waals surface area contributed by atoms with E-state index in [1.807, 2.05) is 17.5 Å². The summed E-state index contributed by atoms with van der Waals surface area (Å²) in [5.41, 5.74) is 0.309. The number of carbonyl (C=O) groups is 2. The van der Waals surface area contributed by atoms with Crippen molar-refractivity contribution in [1.82, 2.24) is 4.31 Å². The second kappa shape index (κ2) is 10.2. The first kappa shape index (κ1) is 21.8. The zero-order valence-corrected chi connectivity index (χ0v) is 17.3. The number of rotatable bonds is 9. The lowest BCUT2D eigenvalue weighted by molar-refractivity contribution is -0.142. The number of hydrogen-bond donors (Lipinski definition) is 1. The summed E-state index contributed by atoms with van der Waals surface area (Å²) in [7, 11) is -3.63. The van der Waals surface area contributed by atoms with E-state index in [1.54, 1.807) is 32.1 Å². The van der Waals surface area contributed by atoms with Crippen LogP contribution in [0.15, 0.2) is 52.7 Å². The molecule has 28 heavy (non-hydrogen) atoms. The van der Waals surface area contributed by atoms with Crippen LogP contribution in [0, 0.1) is 0 Å². The summed E-state index contributed by atoms with van der Waals surface area (Å²) in [4.78, 5) is 24.6. The van der Waals surface area contributed by atoms with Crippen molar-refractivity contribution in [3.8, 4) is 0 Å². The van der Waals surface area contributed by atoms with Crippen LogP contribution in [0.3, 0.4) is 0 Å². The minimum Gasteiger partial charge on any atom is -0.452 e. The molecule has 7 nitrogen and oxygen atoms in total. The third-order valence-corrected chi connectivity index (χ3v) is 6.62. The summed E-state index contributed by atoms with van der Waals surface area (Å²) in [5, 5.41) is 4.42. The van der Waals surface area contributed by atoms with Crippen LogP contribution in [-0.2, 0) is 24.3 Å². The molecule has 1 N–H and O–H groups in total. The van der Waals surface area contributed by atoms with Gasteiger partial charge in [0.15, 0.2) is 6.61 Å². The molecule has 150 valence electrons. The molecule has 0 unspecified atom stereocenters. The van der Waals surface area contributed by atoms with Crippen LogP contribution >= 0.6 is 11.3 Å². The number of thiophene rings is 1. The fourth-order valence-electron chi connectivity index (χ4n) is 2.37. The number of nitrogens with one attached hydrogen (secondary N) is 1. The number of anilines is 1. The van der Waals surface area contributed by atoms with E-state index in [0.29, 0.717) is 18.8 Å². The second-order valence-electron chi connectivity index (χ2n) is 5.62. The molecule has 0 saturated carbocycles. The van der Waals surface area contributed by atoms with Gasteiger partial charge in [0.2, 0.25) is 10.0 Å². The normalized spacial score (nSPS) is 11.7. The van der Waals surface area contributed by atoms with Gasteiger partial charge >= 0.3 is 5.97 Å². The van der Waals surface area contributed by atoms with Gasteiger partial charge in [-0.25, -0.2) is 13.2 Å². The van der Waals surface area contributed by atoms with Crippen LogP contribution < -0.4 is 5.32 Å². The second-order valence-corrected chi connectivity index (χ2v) is 8.54. The van der Waals surface area contributed by atoms with E-state index >= 15 is 0 Å². The molecular weight excluding hydrogens is 400 g/mol. The van der Waals surface area contributed by atoms with E-state index < -0.39 is 28.5 Å². The maximum Gasteiger partial charge on any atom is 0.331 e. The molecule has 9 heteroatoms. The standard InChI is InChI=1S/C19H22N2O5S2/c1-3-21(4-2)28(24,25)17-9-5-7-15(13-17)20-18(22)14-26-19(23)11-10-16-8-6-12-27-16/h5-13H,3-4,14H2,1-2H3,(H,20,22). The predicted octanol–water partition coefficient (Wildman–Crippen LogP) is 2.97. The van der Waals surface area contributed by atoms with Gasteiger partial charge in [0.05, 0.1) is 4.90 Å². The molecule has 1 heterocycles. The summed E-state index contributed by atoms with van der Waals surface area (Å²) in [6.45, 7) is 3.75. The van der Waals surface area contributed by atoms with Crippen molar-refractivity contribution in [2.45, 2.75) is 18.7 Å². The Labute approximate surface area is 168 Å². The van der Waals surface area contributed by atoms with E-state index in [9.17, 15) is 18.0 Å². The van der Waals surface area contributed by atoms with Gasteiger partial charge in [-0.05, 0) is 35.7 Å². The highest BCUT2D eigenvalue weighted by Gasteiger charge is 2.21. The minimum absolute atomic E-state index is 0.0878. The molecule has 0 atom stereocenters. The molecule has 2 aromatic rings. The average Bonchev–Trinajstić information content (AvgIpc) is 3.19. The van der Waals surface area contributed by atoms with Crippen molar-refractivity contribution >= 4 is 45.0 Å². The maximum atomic E-state index is 12.6. The summed E-state index contributed by atoms with van der Waals surface area (Å²) in [6, 6.07) is 9.67. The highest BCUT2D eigenvalue weighted by molar-refractivity contribution is 7.89. The van der Waals surface area contributed by atoms with Crippen LogP contribution in [0.1, 0.15) is 18.7 Å². The van der Waals surface area contributed by atoms with Gasteiger partial charge in [0.1, 0.15) is 0 Å². The third kappa shape index (κ3) is 6.01. The molecule has 0 fully saturated rings. The summed E-state index contributed by atoms with van der Waals surface area (Å²) in [5.74, 6) is -1.20. The van der Waals surface area contributed by atoms with E-state index in [-0.39, 0.29) is 4.90 Å². The molecule has 0 saturated heterocycles. The lowest BCUT2D eigenvalue weighted by atomic mass is 10.3. The number of carbonyl (C=O) groups excluding carboxylic acids is 2. The molecule has 0 aliphatic carbocycles. The molecule has 2 rings (SSSR count). The van der Waals surface area contributed by atoms with Crippen LogP contribution in [0.25, 0.3) is 6.08 Å². The minimum atomic E-state index is -3.63. The SMILES string of the molecule is CCN(CC)S(=O)(=O)c1cccc(NC(=O)COC(=O)C=Cc2cccs2)c1. The van der Waals surface area contributed by atoms with Crippen molar-refractivity contribution in [3.05, 3.63) is 52.7 Å². The van der Waals surface area contributed by atoms with E-state index in [4.69, 9.17) is 4.74 Å². The quantitative estimate of drug-likeness (QED) is 0.495. The number of esters is 1. The number of ether oxygens (including phenoxy) is 1. The fraction of sp³-hybridized carbons (Fsp3) is 0.263. The van der Waals surface area contributed by atoms with Crippen molar-refractivity contribution in [2.24, 2.45) is 0 Å². The largest absolute Gasteiger partial charge is 0.452 e. The first-order chi connectivity index (χ1) is 13.4. The van der Waals surface area contributed by atoms with Crippen molar-refractivity contribution in [2.75, 3.05) is 25.0 Å². The first-order valence-electron chi connectivity index (χ1n) is 8.65. The molecule has 0 bridgehead atoms. The van der Waals surface area contributed by atoms with Crippen LogP contribution in [-0.4, -0.2) is 44.3 Å². The molecular formula is C19H22N2O5S2. The molecule has 1 amide bonds.